The summed E-state index contributed by atoms with van der Waals surface area (Å²) in [7, 11) is -3.96. The molecule has 1 aliphatic carbocycles. The zero-order chi connectivity index (χ0) is 23.4. The summed E-state index contributed by atoms with van der Waals surface area (Å²) in [6, 6.07) is 4.66. The van der Waals surface area contributed by atoms with Crippen LogP contribution in [0.2, 0.25) is 0 Å². The van der Waals surface area contributed by atoms with Gasteiger partial charge in [-0.15, -0.1) is 0 Å². The second-order valence-corrected chi connectivity index (χ2v) is 11.8. The standard InChI is InChI=1S/C21H31BrF2N2O4S/c1-15(14-16-8-7-9-17(22)18(16)23)26(19(27)30-20(2,3)4)13-6-5-12-25-31(28,29)21(24)10-11-21/h7-9,15,25H,5-6,10-14H2,1-4H3. The van der Waals surface area contributed by atoms with Crippen LogP contribution in [0.5, 0.6) is 0 Å². The highest BCUT2D eigenvalue weighted by atomic mass is 79.9. The van der Waals surface area contributed by atoms with Crippen molar-refractivity contribution in [3.8, 4) is 0 Å². The van der Waals surface area contributed by atoms with Crippen LogP contribution in [0, 0.1) is 5.82 Å². The number of unbranched alkanes of at least 4 members (excludes halogenated alkanes) is 1. The van der Waals surface area contributed by atoms with Gasteiger partial charge in [0.25, 0.3) is 0 Å². The SMILES string of the molecule is CC(Cc1cccc(Br)c1F)N(CCCCNS(=O)(=O)C1(F)CC1)C(=O)OC(C)(C)C. The minimum atomic E-state index is -3.96. The fraction of sp³-hybridized carbons (Fsp3) is 0.667. The number of hydrogen-bond donors (Lipinski definition) is 1. The van der Waals surface area contributed by atoms with Crippen LogP contribution in [-0.2, 0) is 21.2 Å². The number of alkyl halides is 1. The second-order valence-electron chi connectivity index (χ2n) is 8.93. The van der Waals surface area contributed by atoms with E-state index in [4.69, 9.17) is 4.74 Å². The van der Waals surface area contributed by atoms with Crippen LogP contribution in [0.3, 0.4) is 0 Å². The normalized spacial score (nSPS) is 16.6. The first-order chi connectivity index (χ1) is 14.3. The van der Waals surface area contributed by atoms with Crippen LogP contribution in [-0.4, -0.2) is 49.1 Å². The number of amides is 1. The molecule has 1 amide bonds. The minimum Gasteiger partial charge on any atom is -0.444 e. The van der Waals surface area contributed by atoms with Crippen molar-refractivity contribution < 1.29 is 26.7 Å². The summed E-state index contributed by atoms with van der Waals surface area (Å²) >= 11 is 3.17. The molecule has 31 heavy (non-hydrogen) atoms. The number of benzene rings is 1. The van der Waals surface area contributed by atoms with E-state index in [0.29, 0.717) is 35.8 Å². The Labute approximate surface area is 191 Å². The number of nitrogens with one attached hydrogen (secondary N) is 1. The number of carbonyl (C=O) groups excluding carboxylic acids is 1. The summed E-state index contributed by atoms with van der Waals surface area (Å²) in [5.74, 6) is -0.367. The quantitative estimate of drug-likeness (QED) is 0.441. The van der Waals surface area contributed by atoms with E-state index in [-0.39, 0.29) is 31.2 Å². The maximum atomic E-state index is 14.4. The van der Waals surface area contributed by atoms with Crippen molar-refractivity contribution >= 4 is 32.0 Å². The molecule has 0 spiro atoms. The predicted octanol–water partition coefficient (Wildman–Crippen LogP) is 4.92. The van der Waals surface area contributed by atoms with Crippen molar-refractivity contribution in [3.63, 3.8) is 0 Å². The zero-order valence-electron chi connectivity index (χ0n) is 18.4. The lowest BCUT2D eigenvalue weighted by Crippen LogP contribution is -2.44. The fourth-order valence-corrected chi connectivity index (χ4v) is 4.78. The Morgan fingerprint density at radius 1 is 1.32 bits per heavy atom. The van der Waals surface area contributed by atoms with Gasteiger partial charge in [0.15, 0.2) is 0 Å². The van der Waals surface area contributed by atoms with E-state index in [9.17, 15) is 22.0 Å². The molecule has 2 rings (SSSR count). The molecule has 10 heteroatoms. The van der Waals surface area contributed by atoms with Crippen molar-refractivity contribution in [2.75, 3.05) is 13.1 Å². The number of halogens is 3. The van der Waals surface area contributed by atoms with E-state index in [2.05, 4.69) is 20.7 Å². The van der Waals surface area contributed by atoms with Gasteiger partial charge < -0.3 is 9.64 Å². The Bertz CT molecular complexity index is 886. The van der Waals surface area contributed by atoms with Gasteiger partial charge in [-0.1, -0.05) is 12.1 Å². The van der Waals surface area contributed by atoms with Gasteiger partial charge in [0.2, 0.25) is 15.0 Å². The summed E-state index contributed by atoms with van der Waals surface area (Å²) in [5, 5.41) is -2.13. The predicted molar refractivity (Wildman–Crippen MR) is 119 cm³/mol. The lowest BCUT2D eigenvalue weighted by atomic mass is 10.1. The third-order valence-corrected chi connectivity index (χ3v) is 7.52. The molecule has 0 heterocycles. The van der Waals surface area contributed by atoms with Gasteiger partial charge in [-0.05, 0) is 74.5 Å². The molecule has 0 aromatic heterocycles. The average molecular weight is 525 g/mol. The lowest BCUT2D eigenvalue weighted by Gasteiger charge is -2.32. The van der Waals surface area contributed by atoms with E-state index in [0.717, 1.165) is 0 Å². The summed E-state index contributed by atoms with van der Waals surface area (Å²) in [6.07, 6.45) is 0.730. The first-order valence-corrected chi connectivity index (χ1v) is 12.6. The highest BCUT2D eigenvalue weighted by Crippen LogP contribution is 2.44. The number of sulfonamides is 1. The first-order valence-electron chi connectivity index (χ1n) is 10.4. The van der Waals surface area contributed by atoms with E-state index in [1.807, 2.05) is 6.92 Å². The molecule has 1 atom stereocenters. The highest BCUT2D eigenvalue weighted by molar-refractivity contribution is 9.10. The maximum absolute atomic E-state index is 14.4. The summed E-state index contributed by atoms with van der Waals surface area (Å²) in [4.78, 5) is 14.3. The van der Waals surface area contributed by atoms with Crippen molar-refractivity contribution in [2.45, 2.75) is 76.4 Å². The molecule has 1 saturated carbocycles. The van der Waals surface area contributed by atoms with E-state index >= 15 is 0 Å². The van der Waals surface area contributed by atoms with Crippen LogP contribution in [0.25, 0.3) is 0 Å². The molecule has 0 bridgehead atoms. The number of nitrogens with zero attached hydrogens (tertiary/aromatic N) is 1. The van der Waals surface area contributed by atoms with Gasteiger partial charge >= 0.3 is 6.09 Å². The van der Waals surface area contributed by atoms with Gasteiger partial charge in [0.05, 0.1) is 4.47 Å². The Balaban J connectivity index is 1.97. The molecule has 1 fully saturated rings. The Kier molecular flexibility index (Phi) is 8.49. The number of rotatable bonds is 10. The molecule has 6 nitrogen and oxygen atoms in total. The van der Waals surface area contributed by atoms with E-state index in [1.165, 1.54) is 4.90 Å². The van der Waals surface area contributed by atoms with Gasteiger partial charge in [0, 0.05) is 32.0 Å². The average Bonchev–Trinajstić information content (AvgIpc) is 3.39. The summed E-state index contributed by atoms with van der Waals surface area (Å²) in [5.41, 5.74) is -0.216. The van der Waals surface area contributed by atoms with Crippen LogP contribution in [0.15, 0.2) is 22.7 Å². The molecule has 1 N–H and O–H groups in total. The lowest BCUT2D eigenvalue weighted by molar-refractivity contribution is 0.0172. The van der Waals surface area contributed by atoms with Gasteiger partial charge in [-0.2, -0.15) is 0 Å². The Hall–Kier alpha value is -1.26. The molecule has 176 valence electrons. The van der Waals surface area contributed by atoms with Crippen molar-refractivity contribution in [1.82, 2.24) is 9.62 Å². The van der Waals surface area contributed by atoms with E-state index < -0.39 is 26.7 Å². The van der Waals surface area contributed by atoms with Crippen LogP contribution in [0.1, 0.15) is 58.9 Å². The topological polar surface area (TPSA) is 75.7 Å². The second kappa shape index (κ2) is 10.1. The fourth-order valence-electron chi connectivity index (χ4n) is 3.06. The largest absolute Gasteiger partial charge is 0.444 e. The monoisotopic (exact) mass is 524 g/mol. The first kappa shape index (κ1) is 26.0. The maximum Gasteiger partial charge on any atom is 0.410 e. The van der Waals surface area contributed by atoms with Crippen LogP contribution in [0.4, 0.5) is 13.6 Å². The van der Waals surface area contributed by atoms with Crippen molar-refractivity contribution in [3.05, 3.63) is 34.1 Å². The molecular formula is C21H31BrF2N2O4S. The molecule has 1 aromatic carbocycles. The third kappa shape index (κ3) is 7.39. The molecule has 0 radical (unpaired) electrons. The summed E-state index contributed by atoms with van der Waals surface area (Å²) < 4.78 is 60.0. The molecule has 1 unspecified atom stereocenters. The number of hydrogen-bond acceptors (Lipinski definition) is 4. The van der Waals surface area contributed by atoms with Crippen LogP contribution >= 0.6 is 15.9 Å². The van der Waals surface area contributed by atoms with Gasteiger partial charge in [0.1, 0.15) is 11.4 Å². The molecule has 0 aliphatic heterocycles. The molecule has 0 saturated heterocycles. The Morgan fingerprint density at radius 3 is 2.55 bits per heavy atom. The zero-order valence-corrected chi connectivity index (χ0v) is 20.8. The summed E-state index contributed by atoms with van der Waals surface area (Å²) in [6.45, 7) is 7.50. The minimum absolute atomic E-state index is 0.0262. The highest BCUT2D eigenvalue weighted by Gasteiger charge is 2.55. The van der Waals surface area contributed by atoms with Gasteiger partial charge in [-0.3, -0.25) is 0 Å². The van der Waals surface area contributed by atoms with Gasteiger partial charge in [-0.25, -0.2) is 26.7 Å². The number of ether oxygens (including phenoxy) is 1. The van der Waals surface area contributed by atoms with Crippen molar-refractivity contribution in [1.29, 1.82) is 0 Å². The number of carbonyl (C=O) groups is 1. The third-order valence-electron chi connectivity index (χ3n) is 4.95. The molecular weight excluding hydrogens is 494 g/mol. The van der Waals surface area contributed by atoms with E-state index in [1.54, 1.807) is 39.0 Å². The molecule has 1 aromatic rings. The van der Waals surface area contributed by atoms with Crippen LogP contribution < -0.4 is 4.72 Å². The smallest absolute Gasteiger partial charge is 0.410 e. The van der Waals surface area contributed by atoms with Crippen molar-refractivity contribution in [2.24, 2.45) is 0 Å². The molecule has 1 aliphatic rings. The Morgan fingerprint density at radius 2 is 1.97 bits per heavy atom.